The largest absolute Gasteiger partial charge is 0.594 e. The molecule has 0 amide bonds. The summed E-state index contributed by atoms with van der Waals surface area (Å²) in [4.78, 5) is 3.56. The van der Waals surface area contributed by atoms with Gasteiger partial charge in [-0.25, -0.2) is 0 Å². The first-order chi connectivity index (χ1) is 7.74. The minimum Gasteiger partial charge on any atom is -0.594 e. The quantitative estimate of drug-likeness (QED) is 0.302. The van der Waals surface area contributed by atoms with E-state index in [4.69, 9.17) is 5.39 Å². The fourth-order valence-electron chi connectivity index (χ4n) is 1.12. The molecule has 0 bridgehead atoms. The molecule has 17 heavy (non-hydrogen) atoms. The number of benzene rings is 1. The van der Waals surface area contributed by atoms with E-state index in [0.29, 0.717) is 13.8 Å². The van der Waals surface area contributed by atoms with E-state index in [2.05, 4.69) is 42.0 Å². The van der Waals surface area contributed by atoms with Crippen molar-refractivity contribution in [3.8, 4) is 0 Å². The van der Waals surface area contributed by atoms with Gasteiger partial charge < -0.3 is 5.21 Å². The SMILES string of the molecule is CC(C)(C)N=[N+]([O-])c1cc(Br)cc(Br)c1[N+]#N. The number of azo groups is 1. The zero-order chi connectivity index (χ0) is 13.2. The lowest BCUT2D eigenvalue weighted by Gasteiger charge is -2.08. The van der Waals surface area contributed by atoms with Crippen LogP contribution in [0, 0.1) is 10.6 Å². The molecule has 5 nitrogen and oxygen atoms in total. The van der Waals surface area contributed by atoms with Crippen LogP contribution in [-0.4, -0.2) is 10.4 Å². The van der Waals surface area contributed by atoms with Crippen LogP contribution >= 0.6 is 31.9 Å². The topological polar surface area (TPSA) is 66.6 Å². The van der Waals surface area contributed by atoms with Crippen LogP contribution in [0.2, 0.25) is 0 Å². The molecule has 7 heteroatoms. The number of nitrogens with zero attached hydrogens (tertiary/aromatic N) is 4. The molecule has 0 atom stereocenters. The lowest BCUT2D eigenvalue weighted by atomic mass is 10.1. The zero-order valence-electron chi connectivity index (χ0n) is 9.61. The van der Waals surface area contributed by atoms with Gasteiger partial charge in [0.1, 0.15) is 10.0 Å². The Labute approximate surface area is 116 Å². The molecule has 0 fully saturated rings. The van der Waals surface area contributed by atoms with E-state index in [-0.39, 0.29) is 11.4 Å². The summed E-state index contributed by atoms with van der Waals surface area (Å²) in [5, 5.41) is 24.7. The monoisotopic (exact) mass is 361 g/mol. The van der Waals surface area contributed by atoms with Gasteiger partial charge in [0.2, 0.25) is 5.39 Å². The van der Waals surface area contributed by atoms with Crippen LogP contribution in [0.5, 0.6) is 0 Å². The van der Waals surface area contributed by atoms with E-state index < -0.39 is 5.54 Å². The van der Waals surface area contributed by atoms with Gasteiger partial charge in [-0.15, -0.1) is 0 Å². The van der Waals surface area contributed by atoms with E-state index in [1.807, 2.05) is 0 Å². The van der Waals surface area contributed by atoms with Crippen LogP contribution in [-0.2, 0) is 0 Å². The summed E-state index contributed by atoms with van der Waals surface area (Å²) in [6.07, 6.45) is 0. The second-order valence-electron chi connectivity index (χ2n) is 4.40. The average Bonchev–Trinajstić information content (AvgIpc) is 2.13. The average molecular weight is 363 g/mol. The second kappa shape index (κ2) is 5.10. The number of hydrogen-bond donors (Lipinski definition) is 0. The molecule has 0 spiro atoms. The molecule has 0 saturated heterocycles. The summed E-state index contributed by atoms with van der Waals surface area (Å²) >= 11 is 6.48. The number of halogens is 2. The molecule has 0 heterocycles. The normalized spacial score (nSPS) is 12.4. The number of hydrogen-bond acceptors (Lipinski definition) is 3. The van der Waals surface area contributed by atoms with Crippen molar-refractivity contribution in [3.63, 3.8) is 0 Å². The molecule has 90 valence electrons. The molecule has 0 aliphatic heterocycles. The summed E-state index contributed by atoms with van der Waals surface area (Å²) in [5.41, 5.74) is -0.191. The van der Waals surface area contributed by atoms with Crippen molar-refractivity contribution in [1.29, 1.82) is 5.39 Å². The van der Waals surface area contributed by atoms with Crippen LogP contribution < -0.4 is 0 Å². The van der Waals surface area contributed by atoms with Crippen molar-refractivity contribution in [3.05, 3.63) is 31.3 Å². The minimum absolute atomic E-state index is 0.149. The molecular weight excluding hydrogens is 352 g/mol. The number of diazo groups is 1. The first-order valence-electron chi connectivity index (χ1n) is 4.79. The third-order valence-corrected chi connectivity index (χ3v) is 2.77. The highest BCUT2D eigenvalue weighted by Gasteiger charge is 2.29. The first-order valence-corrected chi connectivity index (χ1v) is 6.37. The Kier molecular flexibility index (Phi) is 4.22. The molecular formula is C10H11Br2N4O+. The first kappa shape index (κ1) is 14.1. The van der Waals surface area contributed by atoms with Gasteiger partial charge in [0, 0.05) is 10.5 Å². The Morgan fingerprint density at radius 3 is 2.41 bits per heavy atom. The van der Waals surface area contributed by atoms with Crippen molar-refractivity contribution in [1.82, 2.24) is 0 Å². The standard InChI is InChI=1S/C10H11Br2N4O/c1-10(2,3)15-16(17)8-5-6(11)4-7(12)9(8)14-13/h4-5H,1-3H3/q+1. The zero-order valence-corrected chi connectivity index (χ0v) is 12.8. The van der Waals surface area contributed by atoms with E-state index in [0.717, 1.165) is 0 Å². The fourth-order valence-corrected chi connectivity index (χ4v) is 2.41. The third kappa shape index (κ3) is 3.75. The Hall–Kier alpha value is -1.00. The Morgan fingerprint density at radius 1 is 1.35 bits per heavy atom. The van der Waals surface area contributed by atoms with Crippen molar-refractivity contribution < 1.29 is 4.86 Å². The molecule has 1 aromatic rings. The van der Waals surface area contributed by atoms with Crippen molar-refractivity contribution in [2.24, 2.45) is 5.11 Å². The minimum atomic E-state index is -0.511. The highest BCUT2D eigenvalue weighted by Crippen LogP contribution is 2.38. The Bertz CT molecular complexity index is 514. The lowest BCUT2D eigenvalue weighted by Crippen LogP contribution is -2.13. The summed E-state index contributed by atoms with van der Waals surface area (Å²) in [5.74, 6) is 0. The van der Waals surface area contributed by atoms with Gasteiger partial charge in [0.05, 0.1) is 0 Å². The molecule has 0 saturated carbocycles. The van der Waals surface area contributed by atoms with Crippen molar-refractivity contribution in [2.75, 3.05) is 0 Å². The van der Waals surface area contributed by atoms with Gasteiger partial charge in [0.25, 0.3) is 0 Å². The van der Waals surface area contributed by atoms with Gasteiger partial charge in [-0.1, -0.05) is 15.9 Å². The molecule has 0 N–H and O–H groups in total. The number of rotatable bonds is 1. The molecule has 0 aliphatic carbocycles. The van der Waals surface area contributed by atoms with Crippen LogP contribution in [0.25, 0.3) is 4.98 Å². The van der Waals surface area contributed by atoms with E-state index in [1.54, 1.807) is 32.9 Å². The maximum atomic E-state index is 11.9. The van der Waals surface area contributed by atoms with Crippen LogP contribution in [0.15, 0.2) is 26.2 Å². The summed E-state index contributed by atoms with van der Waals surface area (Å²) in [7, 11) is 0. The highest BCUT2D eigenvalue weighted by atomic mass is 79.9. The van der Waals surface area contributed by atoms with Gasteiger partial charge in [0.15, 0.2) is 4.98 Å². The predicted molar refractivity (Wildman–Crippen MR) is 72.1 cm³/mol. The summed E-state index contributed by atoms with van der Waals surface area (Å²) in [6, 6.07) is 3.23. The highest BCUT2D eigenvalue weighted by molar-refractivity contribution is 9.11. The fraction of sp³-hybridized carbons (Fsp3) is 0.400. The second-order valence-corrected chi connectivity index (χ2v) is 6.17. The summed E-state index contributed by atoms with van der Waals surface area (Å²) < 4.78 is 1.20. The van der Waals surface area contributed by atoms with E-state index in [9.17, 15) is 5.21 Å². The van der Waals surface area contributed by atoms with Gasteiger partial charge >= 0.3 is 11.4 Å². The summed E-state index contributed by atoms with van der Waals surface area (Å²) in [6.45, 7) is 5.42. The molecule has 1 aromatic carbocycles. The van der Waals surface area contributed by atoms with Gasteiger partial charge in [-0.05, 0) is 52.7 Å². The maximum Gasteiger partial charge on any atom is 0.472 e. The predicted octanol–water partition coefficient (Wildman–Crippen LogP) is 5.09. The molecule has 0 unspecified atom stereocenters. The molecule has 1 rings (SSSR count). The smallest absolute Gasteiger partial charge is 0.472 e. The Morgan fingerprint density at radius 2 is 1.94 bits per heavy atom. The molecule has 0 radical (unpaired) electrons. The van der Waals surface area contributed by atoms with Crippen LogP contribution in [0.3, 0.4) is 0 Å². The lowest BCUT2D eigenvalue weighted by molar-refractivity contribution is -0.448. The molecule has 0 aromatic heterocycles. The van der Waals surface area contributed by atoms with Crippen LogP contribution in [0.4, 0.5) is 11.4 Å². The Balaban J connectivity index is 3.42. The van der Waals surface area contributed by atoms with Crippen molar-refractivity contribution in [2.45, 2.75) is 26.3 Å². The maximum absolute atomic E-state index is 11.9. The third-order valence-electron chi connectivity index (χ3n) is 1.70. The van der Waals surface area contributed by atoms with E-state index in [1.165, 1.54) is 0 Å². The molecule has 0 aliphatic rings. The van der Waals surface area contributed by atoms with E-state index >= 15 is 0 Å². The van der Waals surface area contributed by atoms with Crippen molar-refractivity contribution >= 4 is 43.2 Å². The van der Waals surface area contributed by atoms with Gasteiger partial charge in [-0.2, -0.15) is 0 Å². The van der Waals surface area contributed by atoms with Crippen LogP contribution in [0.1, 0.15) is 20.8 Å². The van der Waals surface area contributed by atoms with Gasteiger partial charge in [-0.3, -0.25) is 0 Å².